The average Bonchev–Trinajstić information content (AvgIpc) is 3.24. The van der Waals surface area contributed by atoms with Crippen molar-refractivity contribution in [2.75, 3.05) is 19.8 Å². The second-order valence-electron chi connectivity index (χ2n) is 15.3. The summed E-state index contributed by atoms with van der Waals surface area (Å²) in [6.45, 7) is 23.3. The summed E-state index contributed by atoms with van der Waals surface area (Å²) in [5.41, 5.74) is 4.35. The molecule has 314 valence electrons. The Bertz CT molecular complexity index is 1790. The molecule has 0 unspecified atom stereocenters. The quantitative estimate of drug-likeness (QED) is 0.0517. The van der Waals surface area contributed by atoms with Gasteiger partial charge in [0.15, 0.2) is 0 Å². The summed E-state index contributed by atoms with van der Waals surface area (Å²) in [7, 11) is -5.66. The van der Waals surface area contributed by atoms with E-state index in [0.717, 1.165) is 15.6 Å². The maximum absolute atomic E-state index is 12.5. The SMILES string of the molecule is C=C[Si](C)(C)c1ccc(C(=O)OOC(=O)OCC(C)(COC(=O)OOC(=O)c2ccc([Si](C)(C)C=C)cc2)COC(=O)OOC(=O)c2ccc([Si](C)(C)C=C)cc2)cc1. The van der Waals surface area contributed by atoms with Crippen LogP contribution in [0.1, 0.15) is 38.0 Å². The van der Waals surface area contributed by atoms with Crippen molar-refractivity contribution in [2.45, 2.75) is 46.2 Å². The number of benzene rings is 3. The minimum atomic E-state index is -1.89. The predicted octanol–water partition coefficient (Wildman–Crippen LogP) is 6.69. The van der Waals surface area contributed by atoms with Gasteiger partial charge in [-0.05, 0) is 43.3 Å². The van der Waals surface area contributed by atoms with Crippen LogP contribution in [-0.4, -0.2) is 80.4 Å². The van der Waals surface area contributed by atoms with E-state index in [9.17, 15) is 28.8 Å². The van der Waals surface area contributed by atoms with Gasteiger partial charge in [0.05, 0.1) is 22.1 Å². The van der Waals surface area contributed by atoms with Crippen molar-refractivity contribution < 1.29 is 72.3 Å². The first kappa shape index (κ1) is 47.1. The lowest BCUT2D eigenvalue weighted by molar-refractivity contribution is -0.216. The first-order valence-corrected chi connectivity index (χ1v) is 27.3. The van der Waals surface area contributed by atoms with Crippen molar-refractivity contribution in [2.24, 2.45) is 5.41 Å². The van der Waals surface area contributed by atoms with Gasteiger partial charge in [0.25, 0.3) is 0 Å². The van der Waals surface area contributed by atoms with Crippen molar-refractivity contribution in [3.63, 3.8) is 0 Å². The van der Waals surface area contributed by atoms with Gasteiger partial charge in [0, 0.05) is 0 Å². The fraction of sp³-hybridized carbons (Fsp3) is 0.268. The molecular formula is C41H48O15Si3. The minimum Gasteiger partial charge on any atom is -0.431 e. The molecule has 0 aromatic heterocycles. The zero-order valence-corrected chi connectivity index (χ0v) is 37.0. The average molecular weight is 865 g/mol. The van der Waals surface area contributed by atoms with Crippen molar-refractivity contribution in [1.29, 1.82) is 0 Å². The monoisotopic (exact) mass is 864 g/mol. The van der Waals surface area contributed by atoms with Crippen LogP contribution in [0, 0.1) is 5.41 Å². The van der Waals surface area contributed by atoms with Crippen LogP contribution < -0.4 is 15.6 Å². The number of rotatable bonds is 15. The van der Waals surface area contributed by atoms with Crippen molar-refractivity contribution in [1.82, 2.24) is 0 Å². The summed E-state index contributed by atoms with van der Waals surface area (Å²) in [5, 5.41) is 3.03. The van der Waals surface area contributed by atoms with Crippen LogP contribution in [0.25, 0.3) is 0 Å². The van der Waals surface area contributed by atoms with E-state index >= 15 is 0 Å². The zero-order valence-electron chi connectivity index (χ0n) is 34.0. The summed E-state index contributed by atoms with van der Waals surface area (Å²) in [6.07, 6.45) is -4.45. The topological polar surface area (TPSA) is 185 Å². The second kappa shape index (κ2) is 20.4. The standard InChI is InChI=1S/C41H48O15Si3/c1-11-57(5,6)32-20-14-29(15-21-32)35(42)51-54-38(45)48-26-41(4,27-49-39(46)55-52-36(43)30-16-22-33(23-17-30)58(7,8)12-2)28-50-40(47)56-53-37(44)31-18-24-34(25-19-31)59(9,10)13-3/h11-25H,1-3,26-28H2,4-10H3. The second-order valence-corrected chi connectivity index (χ2v) is 28.6. The Balaban J connectivity index is 1.60. The molecule has 0 saturated heterocycles. The first-order chi connectivity index (χ1) is 27.6. The highest BCUT2D eigenvalue weighted by Gasteiger charge is 2.33. The van der Waals surface area contributed by atoms with Gasteiger partial charge in [-0.3, -0.25) is 0 Å². The molecule has 0 fully saturated rings. The number of hydrogen-bond acceptors (Lipinski definition) is 15. The molecule has 0 heterocycles. The molecule has 0 bridgehead atoms. The molecule has 3 aromatic rings. The molecule has 0 radical (unpaired) electrons. The molecule has 0 saturated carbocycles. The fourth-order valence-corrected chi connectivity index (χ4v) is 8.50. The summed E-state index contributed by atoms with van der Waals surface area (Å²) >= 11 is 0. The highest BCUT2D eigenvalue weighted by molar-refractivity contribution is 6.94. The van der Waals surface area contributed by atoms with Gasteiger partial charge in [-0.15, -0.1) is 19.7 Å². The van der Waals surface area contributed by atoms with E-state index in [1.165, 1.54) is 43.3 Å². The van der Waals surface area contributed by atoms with Crippen LogP contribution in [0.4, 0.5) is 14.4 Å². The van der Waals surface area contributed by atoms with Gasteiger partial charge >= 0.3 is 36.4 Å². The maximum atomic E-state index is 12.5. The highest BCUT2D eigenvalue weighted by Crippen LogP contribution is 2.20. The summed E-state index contributed by atoms with van der Waals surface area (Å²) in [5.74, 6) is -2.98. The number of hydrogen-bond donors (Lipinski definition) is 0. The Labute approximate surface area is 345 Å². The van der Waals surface area contributed by atoms with Gasteiger partial charge in [-0.25, -0.2) is 43.7 Å². The molecule has 0 aliphatic rings. The third-order valence-corrected chi connectivity index (χ3v) is 17.8. The molecule has 0 aliphatic heterocycles. The number of carbonyl (C=O) groups is 6. The Morgan fingerprint density at radius 1 is 0.441 bits per heavy atom. The lowest BCUT2D eigenvalue weighted by atomic mass is 9.94. The number of carbonyl (C=O) groups excluding carboxylic acids is 6. The Morgan fingerprint density at radius 2 is 0.661 bits per heavy atom. The minimum absolute atomic E-state index is 0.0890. The normalized spacial score (nSPS) is 11.4. The Hall–Kier alpha value is -6.25. The predicted molar refractivity (Wildman–Crippen MR) is 223 cm³/mol. The molecule has 3 rings (SSSR count). The van der Waals surface area contributed by atoms with Crippen molar-refractivity contribution >= 4 is 76.2 Å². The van der Waals surface area contributed by atoms with Gasteiger partial charge in [0.1, 0.15) is 44.0 Å². The fourth-order valence-electron chi connectivity index (χ4n) is 4.72. The van der Waals surface area contributed by atoms with Gasteiger partial charge in [-0.2, -0.15) is 14.4 Å². The molecule has 0 spiro atoms. The van der Waals surface area contributed by atoms with Gasteiger partial charge in [-0.1, -0.05) is 108 Å². The maximum Gasteiger partial charge on any atom is 0.549 e. The van der Waals surface area contributed by atoms with Gasteiger partial charge in [0.2, 0.25) is 0 Å². The summed E-state index contributed by atoms with van der Waals surface area (Å²) in [4.78, 5) is 102. The van der Waals surface area contributed by atoms with Crippen molar-refractivity contribution in [3.8, 4) is 0 Å². The van der Waals surface area contributed by atoms with Crippen LogP contribution >= 0.6 is 0 Å². The van der Waals surface area contributed by atoms with Crippen LogP contribution in [-0.2, 0) is 43.5 Å². The zero-order chi connectivity index (χ0) is 44.0. The third-order valence-electron chi connectivity index (χ3n) is 9.30. The number of ether oxygens (including phenoxy) is 3. The molecule has 15 nitrogen and oxygen atoms in total. The largest absolute Gasteiger partial charge is 0.549 e. The van der Waals surface area contributed by atoms with E-state index in [1.54, 1.807) is 36.4 Å². The molecule has 0 amide bonds. The third kappa shape index (κ3) is 14.0. The summed E-state index contributed by atoms with van der Waals surface area (Å²) < 4.78 is 15.1. The lowest BCUT2D eigenvalue weighted by Gasteiger charge is -2.26. The van der Waals surface area contributed by atoms with Crippen LogP contribution in [0.3, 0.4) is 0 Å². The van der Waals surface area contributed by atoms with Crippen LogP contribution in [0.5, 0.6) is 0 Å². The summed E-state index contributed by atoms with van der Waals surface area (Å²) in [6, 6.07) is 19.5. The van der Waals surface area contributed by atoms with Crippen molar-refractivity contribution in [3.05, 3.63) is 126 Å². The van der Waals surface area contributed by atoms with Crippen LogP contribution in [0.15, 0.2) is 110 Å². The van der Waals surface area contributed by atoms with Crippen LogP contribution in [0.2, 0.25) is 39.3 Å². The van der Waals surface area contributed by atoms with E-state index in [4.69, 9.17) is 14.2 Å². The van der Waals surface area contributed by atoms with E-state index in [-0.39, 0.29) is 16.7 Å². The molecule has 0 atom stereocenters. The first-order valence-electron chi connectivity index (χ1n) is 18.0. The van der Waals surface area contributed by atoms with E-state index in [1.807, 2.05) is 17.1 Å². The van der Waals surface area contributed by atoms with E-state index in [0.29, 0.717) is 0 Å². The van der Waals surface area contributed by atoms with E-state index < -0.39 is 85.8 Å². The van der Waals surface area contributed by atoms with Gasteiger partial charge < -0.3 is 14.2 Å². The molecule has 0 aliphatic carbocycles. The molecule has 3 aromatic carbocycles. The highest BCUT2D eigenvalue weighted by atomic mass is 28.3. The Kier molecular flexibility index (Phi) is 16.3. The smallest absolute Gasteiger partial charge is 0.431 e. The molecule has 0 N–H and O–H groups in total. The molecule has 18 heteroatoms. The molecule has 59 heavy (non-hydrogen) atoms. The molecular weight excluding hydrogens is 817 g/mol. The van der Waals surface area contributed by atoms with E-state index in [2.05, 4.69) is 88.3 Å². The Morgan fingerprint density at radius 3 is 0.864 bits per heavy atom. The lowest BCUT2D eigenvalue weighted by Crippen LogP contribution is -2.39.